The Morgan fingerprint density at radius 2 is 1.83 bits per heavy atom. The summed E-state index contributed by atoms with van der Waals surface area (Å²) in [6.07, 6.45) is 1.81. The average molecular weight is 366 g/mol. The number of aliphatic carboxylic acids is 1. The molecule has 0 aromatic rings. The minimum atomic E-state index is -4.58. The molecule has 0 spiro atoms. The number of nitrogens with one attached hydrogen (secondary N) is 2. The molecule has 0 amide bonds. The van der Waals surface area contributed by atoms with Crippen LogP contribution >= 0.6 is 8.09 Å². The SMILES string of the molecule is O=C(O)CCC(=O)O[PH]1(O)N[C@H]2CCCCC2NOC(=O)C(=O)O1. The first-order valence-electron chi connectivity index (χ1n) is 7.42. The van der Waals surface area contributed by atoms with Crippen LogP contribution in [0.25, 0.3) is 0 Å². The van der Waals surface area contributed by atoms with Gasteiger partial charge in [-0.3, -0.25) is 0 Å². The summed E-state index contributed by atoms with van der Waals surface area (Å²) in [6, 6.07) is -0.852. The molecule has 136 valence electrons. The van der Waals surface area contributed by atoms with Crippen molar-refractivity contribution < 1.29 is 43.1 Å². The molecule has 12 heteroatoms. The van der Waals surface area contributed by atoms with Crippen LogP contribution in [-0.2, 0) is 33.1 Å². The summed E-state index contributed by atoms with van der Waals surface area (Å²) in [6.45, 7) is 0. The van der Waals surface area contributed by atoms with Crippen molar-refractivity contribution in [3.8, 4) is 0 Å². The first-order chi connectivity index (χ1) is 11.3. The molecule has 0 aromatic carbocycles. The second-order valence-corrected chi connectivity index (χ2v) is 7.35. The molecule has 24 heavy (non-hydrogen) atoms. The van der Waals surface area contributed by atoms with Gasteiger partial charge in [-0.15, -0.1) is 0 Å². The maximum atomic E-state index is 11.7. The van der Waals surface area contributed by atoms with E-state index in [1.807, 2.05) is 0 Å². The second kappa shape index (κ2) is 7.84. The Labute approximate surface area is 137 Å². The van der Waals surface area contributed by atoms with Crippen LogP contribution in [-0.4, -0.2) is 46.0 Å². The molecule has 1 saturated heterocycles. The van der Waals surface area contributed by atoms with Crippen molar-refractivity contribution in [3.63, 3.8) is 0 Å². The number of rotatable bonds is 4. The molecule has 2 atom stereocenters. The van der Waals surface area contributed by atoms with Gasteiger partial charge in [0.15, 0.2) is 0 Å². The van der Waals surface area contributed by atoms with Crippen molar-refractivity contribution in [2.45, 2.75) is 50.6 Å². The van der Waals surface area contributed by atoms with Crippen LogP contribution in [0.1, 0.15) is 38.5 Å². The molecule has 4 N–H and O–H groups in total. The van der Waals surface area contributed by atoms with E-state index < -0.39 is 56.9 Å². The molecular weight excluding hydrogens is 347 g/mol. The van der Waals surface area contributed by atoms with Crippen LogP contribution in [0.5, 0.6) is 0 Å². The third kappa shape index (κ3) is 5.10. The number of fused-ring (bicyclic) bond motifs is 1. The van der Waals surface area contributed by atoms with Crippen LogP contribution in [0.15, 0.2) is 0 Å². The summed E-state index contributed by atoms with van der Waals surface area (Å²) >= 11 is 0. The van der Waals surface area contributed by atoms with Crippen molar-refractivity contribution in [1.29, 1.82) is 0 Å². The van der Waals surface area contributed by atoms with E-state index in [1.165, 1.54) is 0 Å². The quantitative estimate of drug-likeness (QED) is 0.368. The summed E-state index contributed by atoms with van der Waals surface area (Å²) in [5.74, 6) is -5.18. The summed E-state index contributed by atoms with van der Waals surface area (Å²) in [5.41, 5.74) is 2.45. The summed E-state index contributed by atoms with van der Waals surface area (Å²) in [5, 5.41) is 11.2. The van der Waals surface area contributed by atoms with Gasteiger partial charge in [0.2, 0.25) is 0 Å². The molecule has 1 unspecified atom stereocenters. The van der Waals surface area contributed by atoms with Crippen LogP contribution in [0, 0.1) is 0 Å². The standard InChI is InChI=1S/C12H19N2O9P/c15-9(16)5-6-10(17)22-24(20)14-8-4-2-1-3-7(8)13-21-11(18)12(19)23-24/h7-8,13-14,20,24H,1-6H2,(H,15,16)/t7?,8-/m0/s1. The van der Waals surface area contributed by atoms with Crippen LogP contribution in [0.2, 0.25) is 0 Å². The minimum absolute atomic E-state index is 0.394. The fourth-order valence-electron chi connectivity index (χ4n) is 2.51. The van der Waals surface area contributed by atoms with Gasteiger partial charge in [0.25, 0.3) is 0 Å². The molecule has 0 bridgehead atoms. The summed E-state index contributed by atoms with van der Waals surface area (Å²) < 4.78 is 9.43. The Bertz CT molecular complexity index is 543. The van der Waals surface area contributed by atoms with Crippen molar-refractivity contribution in [2.24, 2.45) is 0 Å². The van der Waals surface area contributed by atoms with E-state index in [2.05, 4.69) is 19.9 Å². The normalized spacial score (nSPS) is 28.0. The molecule has 1 saturated carbocycles. The molecule has 1 aliphatic carbocycles. The van der Waals surface area contributed by atoms with Crippen LogP contribution < -0.4 is 10.6 Å². The molecular formula is C12H19N2O9P. The number of hydrogen-bond acceptors (Lipinski definition) is 10. The van der Waals surface area contributed by atoms with E-state index in [4.69, 9.17) is 9.63 Å². The second-order valence-electron chi connectivity index (χ2n) is 5.49. The van der Waals surface area contributed by atoms with Crippen molar-refractivity contribution in [3.05, 3.63) is 0 Å². The molecule has 1 aliphatic heterocycles. The molecule has 2 rings (SSSR count). The Balaban J connectivity index is 2.13. The van der Waals surface area contributed by atoms with Gasteiger partial charge in [0.05, 0.1) is 0 Å². The predicted molar refractivity (Wildman–Crippen MR) is 78.0 cm³/mol. The van der Waals surface area contributed by atoms with E-state index in [0.717, 1.165) is 12.8 Å². The molecule has 2 fully saturated rings. The molecule has 2 aliphatic rings. The average Bonchev–Trinajstić information content (AvgIpc) is 2.54. The summed E-state index contributed by atoms with van der Waals surface area (Å²) in [4.78, 5) is 60.3. The monoisotopic (exact) mass is 366 g/mol. The number of carboxylic acid groups (broad SMARTS) is 1. The van der Waals surface area contributed by atoms with Gasteiger partial charge < -0.3 is 0 Å². The van der Waals surface area contributed by atoms with E-state index >= 15 is 0 Å². The van der Waals surface area contributed by atoms with Gasteiger partial charge in [-0.2, -0.15) is 0 Å². The topological polar surface area (TPSA) is 160 Å². The fourth-order valence-corrected chi connectivity index (χ4v) is 4.23. The van der Waals surface area contributed by atoms with Gasteiger partial charge in [-0.05, 0) is 0 Å². The van der Waals surface area contributed by atoms with E-state index in [1.54, 1.807) is 0 Å². The molecule has 11 nitrogen and oxygen atoms in total. The van der Waals surface area contributed by atoms with E-state index in [0.29, 0.717) is 12.8 Å². The number of carbonyl (C=O) groups excluding carboxylic acids is 3. The third-order valence-electron chi connectivity index (χ3n) is 3.63. The van der Waals surface area contributed by atoms with Gasteiger partial charge >= 0.3 is 136 Å². The van der Waals surface area contributed by atoms with E-state index in [-0.39, 0.29) is 0 Å². The predicted octanol–water partition coefficient (Wildman–Crippen LogP) is -0.698. The third-order valence-corrected chi connectivity index (χ3v) is 5.33. The van der Waals surface area contributed by atoms with Crippen LogP contribution in [0.3, 0.4) is 0 Å². The zero-order chi connectivity index (χ0) is 17.7. The Morgan fingerprint density at radius 1 is 1.17 bits per heavy atom. The maximum absolute atomic E-state index is 11.7. The Hall–Kier alpha value is -1.81. The number of hydroxylamine groups is 1. The van der Waals surface area contributed by atoms with Gasteiger partial charge in [0, 0.05) is 0 Å². The number of hydrogen-bond donors (Lipinski definition) is 4. The Morgan fingerprint density at radius 3 is 2.50 bits per heavy atom. The van der Waals surface area contributed by atoms with Crippen molar-refractivity contribution >= 4 is 32.0 Å². The summed E-state index contributed by atoms with van der Waals surface area (Å²) in [7, 11) is -4.58. The van der Waals surface area contributed by atoms with Gasteiger partial charge in [0.1, 0.15) is 0 Å². The molecule has 1 heterocycles. The first kappa shape index (κ1) is 18.5. The first-order valence-corrected chi connectivity index (χ1v) is 9.19. The zero-order valence-corrected chi connectivity index (χ0v) is 13.6. The molecule has 0 radical (unpaired) electrons. The fraction of sp³-hybridized carbons (Fsp3) is 0.667. The number of carbonyl (C=O) groups is 4. The van der Waals surface area contributed by atoms with Crippen molar-refractivity contribution in [1.82, 2.24) is 10.6 Å². The van der Waals surface area contributed by atoms with E-state index in [9.17, 15) is 24.1 Å². The van der Waals surface area contributed by atoms with Crippen LogP contribution in [0.4, 0.5) is 0 Å². The van der Waals surface area contributed by atoms with Gasteiger partial charge in [-0.1, -0.05) is 0 Å². The molecule has 0 aromatic heterocycles. The van der Waals surface area contributed by atoms with Crippen molar-refractivity contribution in [2.75, 3.05) is 0 Å². The van der Waals surface area contributed by atoms with Gasteiger partial charge in [-0.25, -0.2) is 0 Å². The number of carboxylic acids is 1. The zero-order valence-electron chi connectivity index (χ0n) is 12.6. The Kier molecular flexibility index (Phi) is 6.05.